The predicted octanol–water partition coefficient (Wildman–Crippen LogP) is 4.94. The molecule has 1 fully saturated rings. The molecule has 4 nitrogen and oxygen atoms in total. The van der Waals surface area contributed by atoms with E-state index in [0.717, 1.165) is 24.2 Å². The van der Waals surface area contributed by atoms with Crippen molar-refractivity contribution in [3.8, 4) is 16.9 Å². The fourth-order valence-electron chi connectivity index (χ4n) is 4.56. The fraction of sp³-hybridized carbons (Fsp3) is 0.269. The Hall–Kier alpha value is -3.11. The van der Waals surface area contributed by atoms with E-state index in [1.54, 1.807) is 0 Å². The molecule has 4 heteroatoms. The van der Waals surface area contributed by atoms with Crippen molar-refractivity contribution < 1.29 is 14.6 Å². The second-order valence-corrected chi connectivity index (χ2v) is 8.26. The van der Waals surface area contributed by atoms with E-state index in [1.807, 2.05) is 30.3 Å². The maximum atomic E-state index is 11.1. The first-order valence-corrected chi connectivity index (χ1v) is 10.5. The first-order valence-electron chi connectivity index (χ1n) is 10.5. The molecular weight excluding hydrogens is 374 g/mol. The lowest BCUT2D eigenvalue weighted by molar-refractivity contribution is -0.148. The van der Waals surface area contributed by atoms with E-state index in [9.17, 15) is 4.79 Å². The smallest absolute Gasteiger partial charge is 0.309 e. The van der Waals surface area contributed by atoms with Crippen LogP contribution in [0.15, 0.2) is 72.8 Å². The maximum absolute atomic E-state index is 11.1. The maximum Gasteiger partial charge on any atom is 0.309 e. The number of benzene rings is 3. The molecule has 1 heterocycles. The molecule has 0 radical (unpaired) electrons. The molecule has 0 aromatic heterocycles. The van der Waals surface area contributed by atoms with Gasteiger partial charge in [0.1, 0.15) is 12.4 Å². The van der Waals surface area contributed by atoms with Gasteiger partial charge in [0.25, 0.3) is 0 Å². The Balaban J connectivity index is 1.25. The number of likely N-dealkylation sites (tertiary alicyclic amines) is 1. The van der Waals surface area contributed by atoms with E-state index >= 15 is 0 Å². The molecule has 0 saturated carbocycles. The summed E-state index contributed by atoms with van der Waals surface area (Å²) in [5.41, 5.74) is 6.32. The number of fused-ring (bicyclic) bond motifs is 1. The Bertz CT molecular complexity index is 1040. The van der Waals surface area contributed by atoms with Crippen molar-refractivity contribution >= 4 is 5.97 Å². The highest BCUT2D eigenvalue weighted by Crippen LogP contribution is 2.40. The van der Waals surface area contributed by atoms with E-state index in [-0.39, 0.29) is 5.92 Å². The average molecular weight is 399 g/mol. The van der Waals surface area contributed by atoms with Crippen LogP contribution in [-0.2, 0) is 17.8 Å². The molecule has 1 N–H and O–H groups in total. The molecule has 30 heavy (non-hydrogen) atoms. The third kappa shape index (κ3) is 3.71. The highest BCUT2D eigenvalue weighted by Gasteiger charge is 2.39. The highest BCUT2D eigenvalue weighted by molar-refractivity contribution is 5.71. The molecule has 1 atom stereocenters. The standard InChI is InChI=1S/C26H25NO3/c28-26(29)22-15-27(16-22)25-13-9-21-14-20(8-12-24(21)25)19-6-10-23(11-7-19)30-17-18-4-2-1-3-5-18/h1-8,10-12,14,22,25H,9,13,15-17H2,(H,28,29). The Morgan fingerprint density at radius 2 is 1.70 bits per heavy atom. The number of carboxylic acids is 1. The van der Waals surface area contributed by atoms with Gasteiger partial charge < -0.3 is 9.84 Å². The van der Waals surface area contributed by atoms with Crippen LogP contribution in [0.5, 0.6) is 5.75 Å². The van der Waals surface area contributed by atoms with Crippen LogP contribution in [0.1, 0.15) is 29.2 Å². The minimum atomic E-state index is -0.670. The summed E-state index contributed by atoms with van der Waals surface area (Å²) in [6.45, 7) is 1.91. The third-order valence-electron chi connectivity index (χ3n) is 6.32. The lowest BCUT2D eigenvalue weighted by atomic mass is 9.94. The molecule has 152 valence electrons. The van der Waals surface area contributed by atoms with Crippen LogP contribution < -0.4 is 4.74 Å². The minimum absolute atomic E-state index is 0.198. The molecule has 1 unspecified atom stereocenters. The second kappa shape index (κ2) is 7.96. The quantitative estimate of drug-likeness (QED) is 0.638. The van der Waals surface area contributed by atoms with E-state index in [0.29, 0.717) is 25.7 Å². The number of nitrogens with zero attached hydrogens (tertiary/aromatic N) is 1. The van der Waals surface area contributed by atoms with E-state index in [4.69, 9.17) is 9.84 Å². The second-order valence-electron chi connectivity index (χ2n) is 8.26. The minimum Gasteiger partial charge on any atom is -0.489 e. The summed E-state index contributed by atoms with van der Waals surface area (Å²) in [5, 5.41) is 9.13. The van der Waals surface area contributed by atoms with Crippen LogP contribution in [0.3, 0.4) is 0 Å². The largest absolute Gasteiger partial charge is 0.489 e. The van der Waals surface area contributed by atoms with Gasteiger partial charge in [-0.3, -0.25) is 9.69 Å². The molecule has 1 aliphatic heterocycles. The van der Waals surface area contributed by atoms with Crippen LogP contribution in [0.2, 0.25) is 0 Å². The van der Waals surface area contributed by atoms with Crippen molar-refractivity contribution in [3.63, 3.8) is 0 Å². The van der Waals surface area contributed by atoms with E-state index in [1.165, 1.54) is 22.3 Å². The first-order chi connectivity index (χ1) is 14.7. The molecule has 1 saturated heterocycles. The molecule has 3 aromatic rings. The molecule has 0 spiro atoms. The number of hydrogen-bond acceptors (Lipinski definition) is 3. The van der Waals surface area contributed by atoms with Crippen molar-refractivity contribution in [1.82, 2.24) is 4.90 Å². The summed E-state index contributed by atoms with van der Waals surface area (Å²) < 4.78 is 5.89. The number of ether oxygens (including phenoxy) is 1. The Kier molecular flexibility index (Phi) is 5.01. The Morgan fingerprint density at radius 1 is 0.967 bits per heavy atom. The Morgan fingerprint density at radius 3 is 2.43 bits per heavy atom. The lowest BCUT2D eigenvalue weighted by Crippen LogP contribution is -2.51. The topological polar surface area (TPSA) is 49.8 Å². The number of aliphatic carboxylic acids is 1. The molecule has 0 bridgehead atoms. The van der Waals surface area contributed by atoms with Crippen molar-refractivity contribution in [2.75, 3.05) is 13.1 Å². The van der Waals surface area contributed by atoms with Gasteiger partial charge >= 0.3 is 5.97 Å². The summed E-state index contributed by atoms with van der Waals surface area (Å²) in [6.07, 6.45) is 2.14. The Labute approximate surface area is 176 Å². The van der Waals surface area contributed by atoms with E-state index in [2.05, 4.69) is 47.4 Å². The normalized spacial score (nSPS) is 18.6. The summed E-state index contributed by atoms with van der Waals surface area (Å²) >= 11 is 0. The van der Waals surface area contributed by atoms with E-state index < -0.39 is 5.97 Å². The highest BCUT2D eigenvalue weighted by atomic mass is 16.5. The summed E-state index contributed by atoms with van der Waals surface area (Å²) in [4.78, 5) is 13.4. The molecule has 1 aliphatic carbocycles. The molecular formula is C26H25NO3. The van der Waals surface area contributed by atoms with Gasteiger partial charge in [-0.05, 0) is 52.8 Å². The monoisotopic (exact) mass is 399 g/mol. The lowest BCUT2D eigenvalue weighted by Gasteiger charge is -2.41. The van der Waals surface area contributed by atoms with Crippen molar-refractivity contribution in [1.29, 1.82) is 0 Å². The van der Waals surface area contributed by atoms with Gasteiger partial charge in [-0.15, -0.1) is 0 Å². The van der Waals surface area contributed by atoms with Crippen LogP contribution in [0.25, 0.3) is 11.1 Å². The van der Waals surface area contributed by atoms with Gasteiger partial charge in [0.15, 0.2) is 0 Å². The van der Waals surface area contributed by atoms with Crippen LogP contribution in [-0.4, -0.2) is 29.1 Å². The van der Waals surface area contributed by atoms with Crippen LogP contribution in [0, 0.1) is 5.92 Å². The van der Waals surface area contributed by atoms with Crippen molar-refractivity contribution in [3.05, 3.63) is 89.5 Å². The molecule has 5 rings (SSSR count). The van der Waals surface area contributed by atoms with Gasteiger partial charge in [0.05, 0.1) is 5.92 Å². The summed E-state index contributed by atoms with van der Waals surface area (Å²) in [6, 6.07) is 25.5. The molecule has 3 aromatic carbocycles. The van der Waals surface area contributed by atoms with Gasteiger partial charge in [-0.1, -0.05) is 60.7 Å². The van der Waals surface area contributed by atoms with Gasteiger partial charge in [-0.2, -0.15) is 0 Å². The average Bonchev–Trinajstić information content (AvgIpc) is 3.15. The number of carbonyl (C=O) groups is 1. The van der Waals surface area contributed by atoms with Crippen molar-refractivity contribution in [2.45, 2.75) is 25.5 Å². The zero-order valence-electron chi connectivity index (χ0n) is 16.8. The fourth-order valence-corrected chi connectivity index (χ4v) is 4.56. The molecule has 0 amide bonds. The van der Waals surface area contributed by atoms with Gasteiger partial charge in [0, 0.05) is 19.1 Å². The SMILES string of the molecule is O=C(O)C1CN(C2CCc3cc(-c4ccc(OCc5ccccc5)cc4)ccc32)C1. The van der Waals surface area contributed by atoms with Gasteiger partial charge in [0.2, 0.25) is 0 Å². The van der Waals surface area contributed by atoms with Crippen LogP contribution in [0.4, 0.5) is 0 Å². The van der Waals surface area contributed by atoms with Gasteiger partial charge in [-0.25, -0.2) is 0 Å². The van der Waals surface area contributed by atoms with Crippen molar-refractivity contribution in [2.24, 2.45) is 5.92 Å². The first kappa shape index (κ1) is 18.9. The van der Waals surface area contributed by atoms with Crippen LogP contribution >= 0.6 is 0 Å². The third-order valence-corrected chi connectivity index (χ3v) is 6.32. The summed E-state index contributed by atoms with van der Waals surface area (Å²) in [7, 11) is 0. The zero-order chi connectivity index (χ0) is 20.5. The predicted molar refractivity (Wildman–Crippen MR) is 116 cm³/mol. The number of hydrogen-bond donors (Lipinski definition) is 1. The number of aryl methyl sites for hydroxylation is 1. The molecule has 2 aliphatic rings. The summed E-state index contributed by atoms with van der Waals surface area (Å²) in [5.74, 6) is 0.00144. The zero-order valence-corrected chi connectivity index (χ0v) is 16.8. The number of rotatable bonds is 6. The number of carboxylic acid groups (broad SMARTS) is 1.